The second-order valence-electron chi connectivity index (χ2n) is 11.5. The van der Waals surface area contributed by atoms with E-state index in [4.69, 9.17) is 18.3 Å². The third-order valence-corrected chi connectivity index (χ3v) is 9.19. The SMILES string of the molecule is CCCCC(CC)C(=O)Oc1ccc2nc(-c3ccc(-c4nc5ccc(OC(=O)C(CC)CCCC)cc5c(=O)o4)s3)oc(=O)c2c1. The lowest BCUT2D eigenvalue weighted by molar-refractivity contribution is -0.140. The van der Waals surface area contributed by atoms with Gasteiger partial charge < -0.3 is 18.3 Å². The monoisotopic (exact) mass is 658 g/mol. The van der Waals surface area contributed by atoms with Crippen molar-refractivity contribution in [3.05, 3.63) is 69.4 Å². The molecule has 0 fully saturated rings. The van der Waals surface area contributed by atoms with Crippen LogP contribution in [0, 0.1) is 11.8 Å². The molecular formula is C36H38N2O8S. The zero-order chi connectivity index (χ0) is 33.5. The fraction of sp³-hybridized carbons (Fsp3) is 0.389. The van der Waals surface area contributed by atoms with Crippen molar-refractivity contribution in [2.45, 2.75) is 79.1 Å². The molecule has 2 aromatic carbocycles. The van der Waals surface area contributed by atoms with Crippen LogP contribution in [0.5, 0.6) is 11.5 Å². The summed E-state index contributed by atoms with van der Waals surface area (Å²) in [5.41, 5.74) is -0.491. The highest BCUT2D eigenvalue weighted by molar-refractivity contribution is 7.18. The summed E-state index contributed by atoms with van der Waals surface area (Å²) in [6.45, 7) is 8.06. The van der Waals surface area contributed by atoms with Crippen molar-refractivity contribution in [3.8, 4) is 33.0 Å². The number of unbranched alkanes of at least 4 members (excludes halogenated alkanes) is 2. The molecule has 11 heteroatoms. The van der Waals surface area contributed by atoms with Gasteiger partial charge in [0, 0.05) is 0 Å². The zero-order valence-corrected chi connectivity index (χ0v) is 27.8. The van der Waals surface area contributed by atoms with E-state index < -0.39 is 11.3 Å². The minimum atomic E-state index is -0.627. The van der Waals surface area contributed by atoms with Crippen LogP contribution in [0.25, 0.3) is 43.3 Å². The zero-order valence-electron chi connectivity index (χ0n) is 27.0. The van der Waals surface area contributed by atoms with Gasteiger partial charge >= 0.3 is 23.2 Å². The molecule has 5 rings (SSSR count). The highest BCUT2D eigenvalue weighted by Crippen LogP contribution is 2.34. The summed E-state index contributed by atoms with van der Waals surface area (Å²) >= 11 is 1.19. The molecule has 0 radical (unpaired) electrons. The minimum Gasteiger partial charge on any atom is -0.426 e. The third kappa shape index (κ3) is 7.85. The van der Waals surface area contributed by atoms with E-state index in [-0.39, 0.29) is 57.8 Å². The molecule has 0 spiro atoms. The van der Waals surface area contributed by atoms with Crippen LogP contribution in [0.4, 0.5) is 0 Å². The van der Waals surface area contributed by atoms with Crippen molar-refractivity contribution in [1.29, 1.82) is 0 Å². The molecular weight excluding hydrogens is 620 g/mol. The smallest absolute Gasteiger partial charge is 0.347 e. The fourth-order valence-corrected chi connectivity index (χ4v) is 6.14. The number of nitrogens with zero attached hydrogens (tertiary/aromatic N) is 2. The van der Waals surface area contributed by atoms with Gasteiger partial charge in [-0.3, -0.25) is 9.59 Å². The Hall–Kier alpha value is -4.64. The molecule has 47 heavy (non-hydrogen) atoms. The van der Waals surface area contributed by atoms with Crippen molar-refractivity contribution in [2.24, 2.45) is 11.8 Å². The van der Waals surface area contributed by atoms with E-state index in [1.54, 1.807) is 36.4 Å². The van der Waals surface area contributed by atoms with Crippen LogP contribution in [0.3, 0.4) is 0 Å². The molecule has 0 amide bonds. The van der Waals surface area contributed by atoms with Crippen molar-refractivity contribution in [2.75, 3.05) is 0 Å². The maximum atomic E-state index is 13.0. The lowest BCUT2D eigenvalue weighted by Crippen LogP contribution is -2.20. The molecule has 0 saturated heterocycles. The quantitative estimate of drug-likeness (QED) is 0.0845. The number of hydrogen-bond acceptors (Lipinski definition) is 11. The largest absolute Gasteiger partial charge is 0.426 e. The predicted octanol–water partition coefficient (Wildman–Crippen LogP) is 8.33. The van der Waals surface area contributed by atoms with Gasteiger partial charge in [-0.2, -0.15) is 0 Å². The minimum absolute atomic E-state index is 0.0908. The van der Waals surface area contributed by atoms with Crippen LogP contribution in [-0.2, 0) is 9.59 Å². The normalized spacial score (nSPS) is 12.7. The van der Waals surface area contributed by atoms with Crippen LogP contribution < -0.4 is 20.7 Å². The molecule has 0 N–H and O–H groups in total. The average molecular weight is 659 g/mol. The lowest BCUT2D eigenvalue weighted by atomic mass is 10.00. The molecule has 3 aromatic heterocycles. The third-order valence-electron chi connectivity index (χ3n) is 8.13. The number of thiophene rings is 1. The Bertz CT molecular complexity index is 1870. The summed E-state index contributed by atoms with van der Waals surface area (Å²) < 4.78 is 22.2. The van der Waals surface area contributed by atoms with Gasteiger partial charge in [0.05, 0.1) is 43.4 Å². The Labute approximate surface area is 275 Å². The summed E-state index contributed by atoms with van der Waals surface area (Å²) in [6, 6.07) is 12.8. The maximum absolute atomic E-state index is 13.0. The van der Waals surface area contributed by atoms with Crippen molar-refractivity contribution in [1.82, 2.24) is 9.97 Å². The van der Waals surface area contributed by atoms with Gasteiger partial charge in [-0.1, -0.05) is 53.4 Å². The number of esters is 2. The predicted molar refractivity (Wildman–Crippen MR) is 181 cm³/mol. The van der Waals surface area contributed by atoms with Crippen molar-refractivity contribution in [3.63, 3.8) is 0 Å². The number of hydrogen-bond donors (Lipinski definition) is 0. The van der Waals surface area contributed by atoms with Gasteiger partial charge in [0.2, 0.25) is 11.8 Å². The highest BCUT2D eigenvalue weighted by atomic mass is 32.1. The highest BCUT2D eigenvalue weighted by Gasteiger charge is 2.21. The van der Waals surface area contributed by atoms with E-state index in [2.05, 4.69) is 23.8 Å². The average Bonchev–Trinajstić information content (AvgIpc) is 3.56. The van der Waals surface area contributed by atoms with Crippen LogP contribution in [0.15, 0.2) is 67.0 Å². The van der Waals surface area contributed by atoms with E-state index in [1.165, 1.54) is 23.5 Å². The van der Waals surface area contributed by atoms with Crippen molar-refractivity contribution < 1.29 is 27.9 Å². The lowest BCUT2D eigenvalue weighted by Gasteiger charge is -2.13. The number of fused-ring (bicyclic) bond motifs is 2. The van der Waals surface area contributed by atoms with E-state index in [9.17, 15) is 19.2 Å². The molecule has 3 heterocycles. The first-order valence-electron chi connectivity index (χ1n) is 16.2. The summed E-state index contributed by atoms with van der Waals surface area (Å²) in [7, 11) is 0. The molecule has 2 atom stereocenters. The maximum Gasteiger partial charge on any atom is 0.347 e. The topological polar surface area (TPSA) is 139 Å². The fourth-order valence-electron chi connectivity index (χ4n) is 5.29. The molecule has 2 unspecified atom stereocenters. The standard InChI is InChI=1S/C36H38N2O8S/c1-5-9-11-21(7-3)33(39)43-23-13-15-27-25(19-23)35(41)45-31(37-27)29-17-18-30(47-29)32-38-28-16-14-24(20-26(28)36(42)46-32)44-34(40)22(8-4)12-10-6-2/h13-22H,5-12H2,1-4H3. The van der Waals surface area contributed by atoms with E-state index in [1.807, 2.05) is 13.8 Å². The summed E-state index contributed by atoms with van der Waals surface area (Å²) in [6.07, 6.45) is 6.73. The second-order valence-corrected chi connectivity index (χ2v) is 12.6. The first-order chi connectivity index (χ1) is 22.7. The number of carbonyl (C=O) groups is 2. The van der Waals surface area contributed by atoms with Crippen LogP contribution in [-0.4, -0.2) is 21.9 Å². The molecule has 0 saturated carbocycles. The van der Waals surface area contributed by atoms with Crippen LogP contribution >= 0.6 is 11.3 Å². The van der Waals surface area contributed by atoms with Gasteiger partial charge in [0.15, 0.2) is 0 Å². The molecule has 0 aliphatic heterocycles. The number of rotatable bonds is 14. The van der Waals surface area contributed by atoms with Gasteiger partial charge in [-0.15, -0.1) is 11.3 Å². The first kappa shape index (κ1) is 33.7. The molecule has 5 aromatic rings. The molecule has 0 bridgehead atoms. The van der Waals surface area contributed by atoms with Gasteiger partial charge in [-0.05, 0) is 74.2 Å². The summed E-state index contributed by atoms with van der Waals surface area (Å²) in [5.74, 6) is -0.334. The van der Waals surface area contributed by atoms with Gasteiger partial charge in [0.25, 0.3) is 0 Å². The van der Waals surface area contributed by atoms with Crippen LogP contribution in [0.1, 0.15) is 79.1 Å². The second kappa shape index (κ2) is 15.3. The summed E-state index contributed by atoms with van der Waals surface area (Å²) in [5, 5.41) is 0.381. The Kier molecular flexibility index (Phi) is 11.0. The molecule has 0 aliphatic rings. The Morgan fingerprint density at radius 1 is 0.681 bits per heavy atom. The summed E-state index contributed by atoms with van der Waals surface area (Å²) in [4.78, 5) is 61.3. The van der Waals surface area contributed by atoms with E-state index >= 15 is 0 Å². The number of benzene rings is 2. The molecule has 246 valence electrons. The first-order valence-corrected chi connectivity index (χ1v) is 17.0. The van der Waals surface area contributed by atoms with Gasteiger partial charge in [0.1, 0.15) is 11.5 Å². The Morgan fingerprint density at radius 3 is 1.49 bits per heavy atom. The Morgan fingerprint density at radius 2 is 1.11 bits per heavy atom. The van der Waals surface area contributed by atoms with Crippen LogP contribution in [0.2, 0.25) is 0 Å². The van der Waals surface area contributed by atoms with E-state index in [0.29, 0.717) is 33.6 Å². The van der Waals surface area contributed by atoms with E-state index in [0.717, 1.165) is 38.5 Å². The Balaban J connectivity index is 1.35. The van der Waals surface area contributed by atoms with Gasteiger partial charge in [-0.25, -0.2) is 19.6 Å². The molecule has 10 nitrogen and oxygen atoms in total. The van der Waals surface area contributed by atoms with Crippen molar-refractivity contribution >= 4 is 45.1 Å². The number of aromatic nitrogens is 2. The number of carbonyl (C=O) groups excluding carboxylic acids is 2. The molecule has 0 aliphatic carbocycles. The number of ether oxygens (including phenoxy) is 2.